The van der Waals surface area contributed by atoms with E-state index in [4.69, 9.17) is 4.74 Å². The van der Waals surface area contributed by atoms with Crippen molar-refractivity contribution >= 4 is 28.4 Å². The second-order valence-electron chi connectivity index (χ2n) is 6.19. The molecule has 6 nitrogen and oxygen atoms in total. The summed E-state index contributed by atoms with van der Waals surface area (Å²) in [4.78, 5) is 27.4. The van der Waals surface area contributed by atoms with Gasteiger partial charge in [-0.3, -0.25) is 9.59 Å². The molecule has 27 heavy (non-hydrogen) atoms. The first-order chi connectivity index (χ1) is 13.1. The quantitative estimate of drug-likeness (QED) is 0.587. The molecule has 0 bridgehead atoms. The average Bonchev–Trinajstić information content (AvgIpc) is 2.99. The first-order valence-electron chi connectivity index (χ1n) is 8.96. The zero-order chi connectivity index (χ0) is 19.2. The number of rotatable bonds is 6. The number of ether oxygens (including phenoxy) is 1. The number of aromatic amines is 1. The number of benzene rings is 2. The molecule has 0 aliphatic carbocycles. The summed E-state index contributed by atoms with van der Waals surface area (Å²) in [7, 11) is 0. The van der Waals surface area contributed by atoms with E-state index in [2.05, 4.69) is 21.7 Å². The van der Waals surface area contributed by atoms with Gasteiger partial charge in [-0.1, -0.05) is 18.2 Å². The monoisotopic (exact) mass is 365 g/mol. The van der Waals surface area contributed by atoms with Gasteiger partial charge in [0.15, 0.2) is 0 Å². The van der Waals surface area contributed by atoms with Gasteiger partial charge in [0.25, 0.3) is 0 Å². The Balaban J connectivity index is 1.52. The Labute approximate surface area is 157 Å². The Bertz CT molecular complexity index is 945. The summed E-state index contributed by atoms with van der Waals surface area (Å²) in [5.74, 6) is -0.620. The zero-order valence-corrected chi connectivity index (χ0v) is 15.5. The zero-order valence-electron chi connectivity index (χ0n) is 15.5. The fourth-order valence-electron chi connectivity index (χ4n) is 3.03. The number of carbonyl (C=O) groups excluding carboxylic acids is 2. The van der Waals surface area contributed by atoms with E-state index in [1.54, 1.807) is 24.3 Å². The topological polar surface area (TPSA) is 83.2 Å². The van der Waals surface area contributed by atoms with Crippen LogP contribution in [-0.4, -0.2) is 29.9 Å². The maximum atomic E-state index is 12.0. The van der Waals surface area contributed by atoms with E-state index in [-0.39, 0.29) is 0 Å². The second kappa shape index (κ2) is 8.40. The van der Waals surface area contributed by atoms with Crippen molar-refractivity contribution in [1.82, 2.24) is 10.3 Å². The number of anilines is 1. The summed E-state index contributed by atoms with van der Waals surface area (Å²) >= 11 is 0. The third kappa shape index (κ3) is 4.47. The van der Waals surface area contributed by atoms with E-state index in [9.17, 15) is 9.59 Å². The fourth-order valence-corrected chi connectivity index (χ4v) is 3.03. The molecule has 0 spiro atoms. The van der Waals surface area contributed by atoms with Crippen LogP contribution >= 0.6 is 0 Å². The van der Waals surface area contributed by atoms with Crippen molar-refractivity contribution in [3.63, 3.8) is 0 Å². The Morgan fingerprint density at radius 2 is 1.78 bits per heavy atom. The van der Waals surface area contributed by atoms with E-state index < -0.39 is 11.8 Å². The molecule has 3 aromatic rings. The van der Waals surface area contributed by atoms with Crippen LogP contribution < -0.4 is 15.4 Å². The van der Waals surface area contributed by atoms with E-state index in [0.29, 0.717) is 31.0 Å². The molecule has 0 fully saturated rings. The largest absolute Gasteiger partial charge is 0.494 e. The molecule has 2 amide bonds. The number of amides is 2. The van der Waals surface area contributed by atoms with Crippen molar-refractivity contribution in [1.29, 1.82) is 0 Å². The van der Waals surface area contributed by atoms with Crippen LogP contribution in [0.25, 0.3) is 10.9 Å². The van der Waals surface area contributed by atoms with Gasteiger partial charge in [-0.05, 0) is 56.2 Å². The molecule has 0 saturated carbocycles. The Kier molecular flexibility index (Phi) is 5.76. The van der Waals surface area contributed by atoms with Gasteiger partial charge in [-0.25, -0.2) is 0 Å². The molecule has 1 aromatic heterocycles. The van der Waals surface area contributed by atoms with Crippen LogP contribution in [0.3, 0.4) is 0 Å². The van der Waals surface area contributed by atoms with Crippen LogP contribution in [0, 0.1) is 6.92 Å². The van der Waals surface area contributed by atoms with Crippen molar-refractivity contribution in [3.8, 4) is 5.75 Å². The Morgan fingerprint density at radius 1 is 1.04 bits per heavy atom. The third-order valence-corrected chi connectivity index (χ3v) is 4.32. The van der Waals surface area contributed by atoms with Crippen molar-refractivity contribution in [2.75, 3.05) is 18.5 Å². The molecule has 2 aromatic carbocycles. The Hall–Kier alpha value is -3.28. The molecular weight excluding hydrogens is 342 g/mol. The number of para-hydroxylation sites is 1. The van der Waals surface area contributed by atoms with Crippen LogP contribution in [0.1, 0.15) is 18.2 Å². The number of hydrogen-bond donors (Lipinski definition) is 3. The van der Waals surface area contributed by atoms with Gasteiger partial charge in [0.2, 0.25) is 0 Å². The number of aromatic nitrogens is 1. The highest BCUT2D eigenvalue weighted by Gasteiger charge is 2.14. The molecule has 140 valence electrons. The minimum absolute atomic E-state index is 0.387. The maximum absolute atomic E-state index is 12.0. The summed E-state index contributed by atoms with van der Waals surface area (Å²) in [5.41, 5.74) is 3.85. The van der Waals surface area contributed by atoms with Gasteiger partial charge in [0.1, 0.15) is 5.75 Å². The van der Waals surface area contributed by atoms with Crippen molar-refractivity contribution in [3.05, 3.63) is 59.8 Å². The molecular formula is C21H23N3O3. The lowest BCUT2D eigenvalue weighted by molar-refractivity contribution is -0.136. The number of hydrogen-bond acceptors (Lipinski definition) is 3. The van der Waals surface area contributed by atoms with Crippen LogP contribution in [0.15, 0.2) is 48.5 Å². The fraction of sp³-hybridized carbons (Fsp3) is 0.238. The number of carbonyl (C=O) groups is 2. The number of aryl methyl sites for hydroxylation is 1. The number of H-pyrrole nitrogens is 1. The first-order valence-corrected chi connectivity index (χ1v) is 8.96. The van der Waals surface area contributed by atoms with Crippen LogP contribution in [0.4, 0.5) is 5.69 Å². The normalized spacial score (nSPS) is 10.6. The highest BCUT2D eigenvalue weighted by molar-refractivity contribution is 6.39. The van der Waals surface area contributed by atoms with Crippen LogP contribution in [-0.2, 0) is 16.0 Å². The Morgan fingerprint density at radius 3 is 2.52 bits per heavy atom. The van der Waals surface area contributed by atoms with Gasteiger partial charge < -0.3 is 20.4 Å². The summed E-state index contributed by atoms with van der Waals surface area (Å²) in [5, 5.41) is 6.40. The predicted octanol–water partition coefficient (Wildman–Crippen LogP) is 3.17. The SMILES string of the molecule is CCOc1ccc(NC(=O)C(=O)NCCc2c(C)[nH]c3ccccc23)cc1. The van der Waals surface area contributed by atoms with Crippen LogP contribution in [0.5, 0.6) is 5.75 Å². The highest BCUT2D eigenvalue weighted by Crippen LogP contribution is 2.22. The lowest BCUT2D eigenvalue weighted by Gasteiger charge is -2.08. The lowest BCUT2D eigenvalue weighted by Crippen LogP contribution is -2.36. The molecule has 0 saturated heterocycles. The smallest absolute Gasteiger partial charge is 0.313 e. The standard InChI is InChI=1S/C21H23N3O3/c1-3-27-16-10-8-15(9-11-16)24-21(26)20(25)22-13-12-17-14(2)23-19-7-5-4-6-18(17)19/h4-11,23H,3,12-13H2,1-2H3,(H,22,25)(H,24,26). The molecule has 1 heterocycles. The first kappa shape index (κ1) is 18.5. The molecule has 0 radical (unpaired) electrons. The van der Waals surface area contributed by atoms with Crippen molar-refractivity contribution < 1.29 is 14.3 Å². The van der Waals surface area contributed by atoms with Crippen LogP contribution in [0.2, 0.25) is 0 Å². The molecule has 0 unspecified atom stereocenters. The van der Waals surface area contributed by atoms with Crippen molar-refractivity contribution in [2.24, 2.45) is 0 Å². The van der Waals surface area contributed by atoms with Gasteiger partial charge in [-0.15, -0.1) is 0 Å². The molecule has 3 N–H and O–H groups in total. The number of nitrogens with one attached hydrogen (secondary N) is 3. The van der Waals surface area contributed by atoms with E-state index in [0.717, 1.165) is 22.2 Å². The molecule has 0 aliphatic heterocycles. The maximum Gasteiger partial charge on any atom is 0.313 e. The van der Waals surface area contributed by atoms with E-state index >= 15 is 0 Å². The minimum Gasteiger partial charge on any atom is -0.494 e. The van der Waals surface area contributed by atoms with E-state index in [1.165, 1.54) is 0 Å². The second-order valence-corrected chi connectivity index (χ2v) is 6.19. The summed E-state index contributed by atoms with van der Waals surface area (Å²) in [6.45, 7) is 4.87. The molecule has 3 rings (SSSR count). The summed E-state index contributed by atoms with van der Waals surface area (Å²) < 4.78 is 5.35. The molecule has 0 atom stereocenters. The highest BCUT2D eigenvalue weighted by atomic mass is 16.5. The van der Waals surface area contributed by atoms with E-state index in [1.807, 2.05) is 32.0 Å². The molecule has 6 heteroatoms. The minimum atomic E-state index is -0.685. The summed E-state index contributed by atoms with van der Waals surface area (Å²) in [6, 6.07) is 14.9. The van der Waals surface area contributed by atoms with Gasteiger partial charge in [0.05, 0.1) is 6.61 Å². The lowest BCUT2D eigenvalue weighted by atomic mass is 10.1. The summed E-state index contributed by atoms with van der Waals surface area (Å²) in [6.07, 6.45) is 0.651. The molecule has 0 aliphatic rings. The van der Waals surface area contributed by atoms with Gasteiger partial charge in [-0.2, -0.15) is 0 Å². The average molecular weight is 365 g/mol. The predicted molar refractivity (Wildman–Crippen MR) is 106 cm³/mol. The van der Waals surface area contributed by atoms with Gasteiger partial charge >= 0.3 is 11.8 Å². The number of fused-ring (bicyclic) bond motifs is 1. The van der Waals surface area contributed by atoms with Gasteiger partial charge in [0, 0.05) is 28.8 Å². The third-order valence-electron chi connectivity index (χ3n) is 4.32. The van der Waals surface area contributed by atoms with Crippen molar-refractivity contribution in [2.45, 2.75) is 20.3 Å².